The van der Waals surface area contributed by atoms with Gasteiger partial charge < -0.3 is 13.7 Å². The zero-order valence-electron chi connectivity index (χ0n) is 26.5. The van der Waals surface area contributed by atoms with E-state index in [0.717, 1.165) is 81.4 Å². The van der Waals surface area contributed by atoms with Crippen molar-refractivity contribution < 1.29 is 13.9 Å². The molecule has 0 fully saturated rings. The monoisotopic (exact) mass is 625 g/mol. The molecular weight excluding hydrogens is 590 g/mol. The van der Waals surface area contributed by atoms with Gasteiger partial charge in [0.1, 0.15) is 28.4 Å². The van der Waals surface area contributed by atoms with Gasteiger partial charge >= 0.3 is 0 Å². The molecule has 7 aromatic rings. The summed E-state index contributed by atoms with van der Waals surface area (Å²) in [6.07, 6.45) is 3.71. The molecule has 7 rings (SSSR count). The number of carbonyl (C=O) groups is 1. The molecule has 4 heterocycles. The molecule has 10 nitrogen and oxygen atoms in total. The lowest BCUT2D eigenvalue weighted by Gasteiger charge is -2.10. The number of rotatable bonds is 13. The van der Waals surface area contributed by atoms with E-state index in [1.807, 2.05) is 73.7 Å². The van der Waals surface area contributed by atoms with E-state index in [0.29, 0.717) is 43.5 Å². The Kier molecular flexibility index (Phi) is 8.66. The number of tetrazole rings is 1. The van der Waals surface area contributed by atoms with Crippen molar-refractivity contribution in [1.29, 1.82) is 0 Å². The molecular formula is C37H35N7O3. The summed E-state index contributed by atoms with van der Waals surface area (Å²) < 4.78 is 15.8. The second-order valence-corrected chi connectivity index (χ2v) is 11.4. The van der Waals surface area contributed by atoms with Gasteiger partial charge in [-0.1, -0.05) is 74.0 Å². The van der Waals surface area contributed by atoms with Gasteiger partial charge in [-0.2, -0.15) is 0 Å². The van der Waals surface area contributed by atoms with Crippen LogP contribution in [0.15, 0.2) is 89.3 Å². The molecule has 0 bridgehead atoms. The molecule has 0 spiro atoms. The lowest BCUT2D eigenvalue weighted by Crippen LogP contribution is -2.09. The third kappa shape index (κ3) is 6.07. The van der Waals surface area contributed by atoms with Crippen molar-refractivity contribution in [1.82, 2.24) is 34.7 Å². The first kappa shape index (κ1) is 30.2. The highest BCUT2D eigenvalue weighted by molar-refractivity contribution is 5.91. The van der Waals surface area contributed by atoms with Crippen LogP contribution in [0, 0.1) is 0 Å². The highest BCUT2D eigenvalue weighted by Gasteiger charge is 2.19. The number of hydrogen-bond acceptors (Lipinski definition) is 8. The van der Waals surface area contributed by atoms with Crippen LogP contribution < -0.4 is 0 Å². The third-order valence-electron chi connectivity index (χ3n) is 8.32. The zero-order chi connectivity index (χ0) is 32.2. The maximum absolute atomic E-state index is 12.2. The Balaban J connectivity index is 1.24. The van der Waals surface area contributed by atoms with Gasteiger partial charge in [0.05, 0.1) is 19.7 Å². The maximum atomic E-state index is 12.2. The summed E-state index contributed by atoms with van der Waals surface area (Å²) in [4.78, 5) is 22.1. The Morgan fingerprint density at radius 3 is 2.53 bits per heavy atom. The summed E-state index contributed by atoms with van der Waals surface area (Å²) in [6, 6.07) is 28.1. The predicted octanol–water partition coefficient (Wildman–Crippen LogP) is 7.40. The van der Waals surface area contributed by atoms with Crippen LogP contribution in [-0.2, 0) is 24.2 Å². The molecule has 0 aliphatic heterocycles. The van der Waals surface area contributed by atoms with Crippen LogP contribution in [-0.4, -0.2) is 54.2 Å². The van der Waals surface area contributed by atoms with Crippen molar-refractivity contribution in [2.75, 3.05) is 13.2 Å². The van der Waals surface area contributed by atoms with Gasteiger partial charge in [-0.3, -0.25) is 4.79 Å². The largest absolute Gasteiger partial charge is 0.456 e. The number of fused-ring (bicyclic) bond motifs is 2. The van der Waals surface area contributed by atoms with Crippen molar-refractivity contribution in [2.45, 2.75) is 46.2 Å². The first-order valence-corrected chi connectivity index (χ1v) is 16.0. The van der Waals surface area contributed by atoms with E-state index in [2.05, 4.69) is 45.2 Å². The number of hydrogen-bond donors (Lipinski definition) is 0. The molecule has 0 saturated carbocycles. The Labute approximate surface area is 272 Å². The molecule has 4 aromatic heterocycles. The summed E-state index contributed by atoms with van der Waals surface area (Å²) in [7, 11) is 0. The number of pyridine rings is 1. The van der Waals surface area contributed by atoms with Gasteiger partial charge in [0.2, 0.25) is 0 Å². The molecule has 0 aliphatic rings. The summed E-state index contributed by atoms with van der Waals surface area (Å²) >= 11 is 0. The fraction of sp³-hybridized carbons (Fsp3) is 0.243. The van der Waals surface area contributed by atoms with Crippen molar-refractivity contribution in [2.24, 2.45) is 0 Å². The van der Waals surface area contributed by atoms with Crippen LogP contribution in [0.2, 0.25) is 0 Å². The van der Waals surface area contributed by atoms with Crippen LogP contribution in [0.1, 0.15) is 48.6 Å². The van der Waals surface area contributed by atoms with E-state index in [9.17, 15) is 4.79 Å². The van der Waals surface area contributed by atoms with Gasteiger partial charge in [0.15, 0.2) is 17.8 Å². The first-order valence-electron chi connectivity index (χ1n) is 16.0. The van der Waals surface area contributed by atoms with E-state index >= 15 is 0 Å². The van der Waals surface area contributed by atoms with Gasteiger partial charge in [-0.25, -0.2) is 14.6 Å². The predicted molar refractivity (Wildman–Crippen MR) is 181 cm³/mol. The Hall–Kier alpha value is -5.48. The summed E-state index contributed by atoms with van der Waals surface area (Å²) in [5, 5.41) is 13.4. The molecule has 0 unspecified atom stereocenters. The average molecular weight is 626 g/mol. The molecule has 10 heteroatoms. The number of imidazole rings is 1. The van der Waals surface area contributed by atoms with Crippen LogP contribution in [0.4, 0.5) is 0 Å². The van der Waals surface area contributed by atoms with Crippen LogP contribution in [0.3, 0.4) is 0 Å². The second kappa shape index (κ2) is 13.5. The van der Waals surface area contributed by atoms with Gasteiger partial charge in [0.25, 0.3) is 0 Å². The highest BCUT2D eigenvalue weighted by atomic mass is 16.5. The number of aromatic nitrogens is 7. The van der Waals surface area contributed by atoms with Crippen molar-refractivity contribution in [3.05, 3.63) is 102 Å². The fourth-order valence-electron chi connectivity index (χ4n) is 5.98. The van der Waals surface area contributed by atoms with Gasteiger partial charge in [0, 0.05) is 35.1 Å². The quantitative estimate of drug-likeness (QED) is 0.0962. The normalized spacial score (nSPS) is 11.5. The summed E-state index contributed by atoms with van der Waals surface area (Å²) in [5.74, 6) is 2.35. The van der Waals surface area contributed by atoms with Crippen LogP contribution in [0.25, 0.3) is 56.0 Å². The minimum atomic E-state index is 0.407. The van der Waals surface area contributed by atoms with Gasteiger partial charge in [-0.05, 0) is 59.2 Å². The van der Waals surface area contributed by atoms with Crippen LogP contribution >= 0.6 is 0 Å². The lowest BCUT2D eigenvalue weighted by molar-refractivity contribution is 0.112. The molecule has 0 radical (unpaired) electrons. The summed E-state index contributed by atoms with van der Waals surface area (Å²) in [5.41, 5.74) is 7.28. The van der Waals surface area contributed by atoms with E-state index in [4.69, 9.17) is 19.1 Å². The van der Waals surface area contributed by atoms with Crippen LogP contribution in [0.5, 0.6) is 0 Å². The first-order chi connectivity index (χ1) is 23.2. The Bertz CT molecular complexity index is 2160. The average Bonchev–Trinajstić information content (AvgIpc) is 3.84. The third-order valence-corrected chi connectivity index (χ3v) is 8.32. The molecule has 0 atom stereocenters. The molecule has 0 N–H and O–H groups in total. The smallest absolute Gasteiger partial charge is 0.182 e. The van der Waals surface area contributed by atoms with E-state index < -0.39 is 0 Å². The standard InChI is InChI=1S/C37H35N7O3/c1-3-5-15-35-38-31-22-30(26-11-7-6-8-12-26)32(24-45)39-37(31)43(35)23-25-16-17-33-27(20-25)21-34(47-33)28-13-9-10-14-29(28)36-40-41-42-44(36)18-19-46-4-2/h6-14,16-17,20-22,24H,3-5,15,18-19,23H2,1-2H3. The molecule has 0 aliphatic carbocycles. The molecule has 0 amide bonds. The maximum Gasteiger partial charge on any atom is 0.182 e. The number of carbonyl (C=O) groups excluding carboxylic acids is 1. The second-order valence-electron chi connectivity index (χ2n) is 11.4. The number of aryl methyl sites for hydroxylation is 1. The van der Waals surface area contributed by atoms with Crippen molar-refractivity contribution >= 4 is 28.4 Å². The van der Waals surface area contributed by atoms with E-state index in [1.54, 1.807) is 4.68 Å². The number of aldehydes is 1. The SMILES string of the molecule is CCCCc1nc2cc(-c3ccccc3)c(C=O)nc2n1Cc1ccc2oc(-c3ccccc3-c3nnnn3CCOCC)cc2c1. The topological polar surface area (TPSA) is 114 Å². The number of benzene rings is 3. The minimum Gasteiger partial charge on any atom is -0.456 e. The van der Waals surface area contributed by atoms with E-state index in [-0.39, 0.29) is 0 Å². The summed E-state index contributed by atoms with van der Waals surface area (Å²) in [6.45, 7) is 6.41. The number of ether oxygens (including phenoxy) is 1. The van der Waals surface area contributed by atoms with Crippen molar-refractivity contribution in [3.63, 3.8) is 0 Å². The Morgan fingerprint density at radius 1 is 0.894 bits per heavy atom. The number of nitrogens with zero attached hydrogens (tertiary/aromatic N) is 7. The van der Waals surface area contributed by atoms with Crippen molar-refractivity contribution in [3.8, 4) is 33.8 Å². The molecule has 3 aromatic carbocycles. The highest BCUT2D eigenvalue weighted by Crippen LogP contribution is 2.35. The lowest BCUT2D eigenvalue weighted by atomic mass is 10.0. The number of unbranched alkanes of at least 4 members (excludes halogenated alkanes) is 1. The zero-order valence-corrected chi connectivity index (χ0v) is 26.5. The van der Waals surface area contributed by atoms with E-state index in [1.165, 1.54) is 0 Å². The minimum absolute atomic E-state index is 0.407. The molecule has 236 valence electrons. The fourth-order valence-corrected chi connectivity index (χ4v) is 5.98. The van der Waals surface area contributed by atoms with Gasteiger partial charge in [-0.15, -0.1) is 5.10 Å². The molecule has 47 heavy (non-hydrogen) atoms. The number of furan rings is 1. The Morgan fingerprint density at radius 2 is 1.72 bits per heavy atom. The molecule has 0 saturated heterocycles.